The van der Waals surface area contributed by atoms with E-state index in [1.807, 2.05) is 6.20 Å². The monoisotopic (exact) mass is 214 g/mol. The van der Waals surface area contributed by atoms with Crippen molar-refractivity contribution >= 4 is 10.9 Å². The van der Waals surface area contributed by atoms with Crippen LogP contribution in [0.5, 0.6) is 0 Å². The molecule has 1 aromatic carbocycles. The van der Waals surface area contributed by atoms with Crippen molar-refractivity contribution in [2.45, 2.75) is 39.0 Å². The molecule has 0 radical (unpaired) electrons. The van der Waals surface area contributed by atoms with Gasteiger partial charge in [0.15, 0.2) is 0 Å². The van der Waals surface area contributed by atoms with Crippen LogP contribution in [-0.4, -0.2) is 9.97 Å². The van der Waals surface area contributed by atoms with Gasteiger partial charge < -0.3 is 0 Å². The zero-order chi connectivity index (χ0) is 11.2. The molecule has 0 aliphatic heterocycles. The normalized spacial score (nSPS) is 10.8. The summed E-state index contributed by atoms with van der Waals surface area (Å²) < 4.78 is 0. The molecule has 1 heterocycles. The predicted molar refractivity (Wildman–Crippen MR) is 67.4 cm³/mol. The number of benzene rings is 1. The molecule has 2 heteroatoms. The van der Waals surface area contributed by atoms with Crippen molar-refractivity contribution in [1.29, 1.82) is 0 Å². The first-order valence-electron chi connectivity index (χ1n) is 6.09. The van der Waals surface area contributed by atoms with Gasteiger partial charge in [0.25, 0.3) is 0 Å². The van der Waals surface area contributed by atoms with Gasteiger partial charge >= 0.3 is 0 Å². The highest BCUT2D eigenvalue weighted by Gasteiger charge is 1.97. The molecule has 84 valence electrons. The second kappa shape index (κ2) is 5.59. The highest BCUT2D eigenvalue weighted by Crippen LogP contribution is 2.14. The lowest BCUT2D eigenvalue weighted by Gasteiger charge is -2.02. The molecule has 0 bridgehead atoms. The van der Waals surface area contributed by atoms with Crippen LogP contribution in [0.1, 0.15) is 38.2 Å². The van der Waals surface area contributed by atoms with E-state index in [4.69, 9.17) is 0 Å². The third kappa shape index (κ3) is 2.78. The number of hydrogen-bond donors (Lipinski definition) is 0. The van der Waals surface area contributed by atoms with Crippen molar-refractivity contribution in [2.75, 3.05) is 0 Å². The zero-order valence-electron chi connectivity index (χ0n) is 9.82. The van der Waals surface area contributed by atoms with Gasteiger partial charge in [-0.1, -0.05) is 38.3 Å². The minimum atomic E-state index is 1.06. The molecule has 2 aromatic rings. The molecule has 1 aromatic heterocycles. The van der Waals surface area contributed by atoms with Crippen LogP contribution in [0.15, 0.2) is 30.7 Å². The Morgan fingerprint density at radius 1 is 1.12 bits per heavy atom. The second-order valence-electron chi connectivity index (χ2n) is 4.23. The fourth-order valence-electron chi connectivity index (χ4n) is 1.93. The average Bonchev–Trinajstić information content (AvgIpc) is 2.34. The van der Waals surface area contributed by atoms with Gasteiger partial charge in [0.05, 0.1) is 5.52 Å². The Bertz CT molecular complexity index is 451. The molecular weight excluding hydrogens is 196 g/mol. The van der Waals surface area contributed by atoms with Crippen LogP contribution in [0.25, 0.3) is 10.9 Å². The first-order chi connectivity index (χ1) is 7.90. The first-order valence-corrected chi connectivity index (χ1v) is 6.09. The van der Waals surface area contributed by atoms with Crippen molar-refractivity contribution in [2.24, 2.45) is 0 Å². The van der Waals surface area contributed by atoms with Crippen LogP contribution in [0, 0.1) is 0 Å². The molecule has 0 saturated heterocycles. The summed E-state index contributed by atoms with van der Waals surface area (Å²) in [5.74, 6) is 0. The SMILES string of the molecule is CCCCCCc1ccc2cncnc2c1. The summed E-state index contributed by atoms with van der Waals surface area (Å²) in [5.41, 5.74) is 2.45. The van der Waals surface area contributed by atoms with Gasteiger partial charge in [0, 0.05) is 11.6 Å². The molecule has 2 nitrogen and oxygen atoms in total. The molecule has 0 atom stereocenters. The van der Waals surface area contributed by atoms with E-state index in [0.29, 0.717) is 0 Å². The number of hydrogen-bond acceptors (Lipinski definition) is 2. The van der Waals surface area contributed by atoms with Gasteiger partial charge in [0.2, 0.25) is 0 Å². The lowest BCUT2D eigenvalue weighted by Crippen LogP contribution is -1.88. The number of rotatable bonds is 5. The first kappa shape index (κ1) is 11.1. The van der Waals surface area contributed by atoms with E-state index in [1.54, 1.807) is 6.33 Å². The van der Waals surface area contributed by atoms with Crippen molar-refractivity contribution in [1.82, 2.24) is 9.97 Å². The van der Waals surface area contributed by atoms with Gasteiger partial charge in [-0.05, 0) is 24.5 Å². The molecule has 0 saturated carbocycles. The molecule has 0 fully saturated rings. The quantitative estimate of drug-likeness (QED) is 0.708. The molecule has 0 aliphatic rings. The standard InChI is InChI=1S/C14H18N2/c1-2-3-4-5-6-12-7-8-13-10-15-11-16-14(13)9-12/h7-11H,2-6H2,1H3. The van der Waals surface area contributed by atoms with Crippen LogP contribution in [-0.2, 0) is 6.42 Å². The molecular formula is C14H18N2. The molecule has 0 spiro atoms. The maximum atomic E-state index is 4.28. The maximum absolute atomic E-state index is 4.28. The second-order valence-corrected chi connectivity index (χ2v) is 4.23. The summed E-state index contributed by atoms with van der Waals surface area (Å²) in [4.78, 5) is 8.29. The van der Waals surface area contributed by atoms with E-state index in [2.05, 4.69) is 35.1 Å². The van der Waals surface area contributed by atoms with Gasteiger partial charge in [-0.25, -0.2) is 9.97 Å². The molecule has 2 rings (SSSR count). The lowest BCUT2D eigenvalue weighted by atomic mass is 10.0. The highest BCUT2D eigenvalue weighted by atomic mass is 14.8. The van der Waals surface area contributed by atoms with Gasteiger partial charge in [0.1, 0.15) is 6.33 Å². The predicted octanol–water partition coefficient (Wildman–Crippen LogP) is 3.75. The van der Waals surface area contributed by atoms with Gasteiger partial charge in [-0.3, -0.25) is 0 Å². The van der Waals surface area contributed by atoms with Crippen molar-refractivity contribution in [3.8, 4) is 0 Å². The van der Waals surface area contributed by atoms with E-state index in [-0.39, 0.29) is 0 Å². The Morgan fingerprint density at radius 3 is 2.94 bits per heavy atom. The Morgan fingerprint density at radius 2 is 2.06 bits per heavy atom. The van der Waals surface area contributed by atoms with Crippen LogP contribution < -0.4 is 0 Å². The van der Waals surface area contributed by atoms with Crippen LogP contribution >= 0.6 is 0 Å². The van der Waals surface area contributed by atoms with Crippen LogP contribution in [0.2, 0.25) is 0 Å². The summed E-state index contributed by atoms with van der Waals surface area (Å²) in [6.07, 6.45) is 9.90. The highest BCUT2D eigenvalue weighted by molar-refractivity contribution is 5.77. The summed E-state index contributed by atoms with van der Waals surface area (Å²) in [5, 5.41) is 1.12. The number of nitrogens with zero attached hydrogens (tertiary/aromatic N) is 2. The minimum absolute atomic E-state index is 1.06. The summed E-state index contributed by atoms with van der Waals surface area (Å²) in [6, 6.07) is 6.49. The number of aromatic nitrogens is 2. The minimum Gasteiger partial charge on any atom is -0.244 e. The fraction of sp³-hybridized carbons (Fsp3) is 0.429. The van der Waals surface area contributed by atoms with E-state index in [0.717, 1.165) is 10.9 Å². The Kier molecular flexibility index (Phi) is 3.86. The van der Waals surface area contributed by atoms with Crippen molar-refractivity contribution < 1.29 is 0 Å². The van der Waals surface area contributed by atoms with E-state index < -0.39 is 0 Å². The summed E-state index contributed by atoms with van der Waals surface area (Å²) >= 11 is 0. The molecule has 0 amide bonds. The van der Waals surface area contributed by atoms with E-state index >= 15 is 0 Å². The molecule has 0 unspecified atom stereocenters. The smallest absolute Gasteiger partial charge is 0.116 e. The Hall–Kier alpha value is -1.44. The number of fused-ring (bicyclic) bond motifs is 1. The fourth-order valence-corrected chi connectivity index (χ4v) is 1.93. The molecule has 0 N–H and O–H groups in total. The zero-order valence-corrected chi connectivity index (χ0v) is 9.82. The Labute approximate surface area is 96.7 Å². The van der Waals surface area contributed by atoms with Crippen molar-refractivity contribution in [3.63, 3.8) is 0 Å². The topological polar surface area (TPSA) is 25.8 Å². The summed E-state index contributed by atoms with van der Waals surface area (Å²) in [7, 11) is 0. The van der Waals surface area contributed by atoms with Gasteiger partial charge in [-0.2, -0.15) is 0 Å². The van der Waals surface area contributed by atoms with Crippen LogP contribution in [0.4, 0.5) is 0 Å². The summed E-state index contributed by atoms with van der Waals surface area (Å²) in [6.45, 7) is 2.24. The molecule has 0 aliphatic carbocycles. The largest absolute Gasteiger partial charge is 0.244 e. The maximum Gasteiger partial charge on any atom is 0.116 e. The van der Waals surface area contributed by atoms with Crippen molar-refractivity contribution in [3.05, 3.63) is 36.3 Å². The number of unbranched alkanes of at least 4 members (excludes halogenated alkanes) is 3. The van der Waals surface area contributed by atoms with Crippen LogP contribution in [0.3, 0.4) is 0 Å². The molecule has 16 heavy (non-hydrogen) atoms. The third-order valence-electron chi connectivity index (χ3n) is 2.89. The van der Waals surface area contributed by atoms with E-state index in [9.17, 15) is 0 Å². The number of aryl methyl sites for hydroxylation is 1. The Balaban J connectivity index is 2.02. The van der Waals surface area contributed by atoms with Gasteiger partial charge in [-0.15, -0.1) is 0 Å². The van der Waals surface area contributed by atoms with E-state index in [1.165, 1.54) is 37.7 Å². The lowest BCUT2D eigenvalue weighted by molar-refractivity contribution is 0.667. The average molecular weight is 214 g/mol. The third-order valence-corrected chi connectivity index (χ3v) is 2.89.